The largest absolute Gasteiger partial charge is 0.455 e. The van der Waals surface area contributed by atoms with Gasteiger partial charge in [-0.25, -0.2) is 0 Å². The maximum Gasteiger partial charge on any atom is 0.293 e. The zero-order valence-electron chi connectivity index (χ0n) is 9.96. The highest BCUT2D eigenvalue weighted by atomic mass is 16.5. The van der Waals surface area contributed by atoms with Crippen molar-refractivity contribution in [3.8, 4) is 11.7 Å². The third-order valence-corrected chi connectivity index (χ3v) is 3.04. The van der Waals surface area contributed by atoms with Crippen molar-refractivity contribution < 1.29 is 13.7 Å². The molecule has 1 unspecified atom stereocenters. The van der Waals surface area contributed by atoms with Gasteiger partial charge in [0.05, 0.1) is 6.54 Å². The van der Waals surface area contributed by atoms with Crippen molar-refractivity contribution in [2.75, 3.05) is 13.2 Å². The van der Waals surface area contributed by atoms with Gasteiger partial charge in [0.25, 0.3) is 5.89 Å². The van der Waals surface area contributed by atoms with E-state index >= 15 is 0 Å². The van der Waals surface area contributed by atoms with E-state index in [-0.39, 0.29) is 0 Å². The molecule has 2 N–H and O–H groups in total. The average Bonchev–Trinajstić information content (AvgIpc) is 3.09. The molecule has 2 aromatic heterocycles. The fourth-order valence-corrected chi connectivity index (χ4v) is 2.04. The fourth-order valence-electron chi connectivity index (χ4n) is 2.04. The minimum atomic E-state index is 0.362. The van der Waals surface area contributed by atoms with E-state index in [0.717, 1.165) is 26.1 Å². The minimum absolute atomic E-state index is 0.362. The molecule has 0 bridgehead atoms. The van der Waals surface area contributed by atoms with Crippen LogP contribution in [0.15, 0.2) is 21.1 Å². The molecule has 1 aliphatic rings. The van der Waals surface area contributed by atoms with Crippen LogP contribution in [-0.2, 0) is 17.7 Å². The molecule has 6 heteroatoms. The molecule has 0 radical (unpaired) electrons. The average molecular weight is 249 g/mol. The molecule has 96 valence electrons. The monoisotopic (exact) mass is 249 g/mol. The topological polar surface area (TPSA) is 87.3 Å². The Kier molecular flexibility index (Phi) is 3.12. The highest BCUT2D eigenvalue weighted by Crippen LogP contribution is 2.22. The van der Waals surface area contributed by atoms with Crippen LogP contribution in [0.5, 0.6) is 0 Å². The van der Waals surface area contributed by atoms with E-state index in [1.165, 1.54) is 0 Å². The smallest absolute Gasteiger partial charge is 0.293 e. The molecule has 0 saturated carbocycles. The molecule has 3 heterocycles. The van der Waals surface area contributed by atoms with E-state index in [0.29, 0.717) is 35.7 Å². The molecule has 6 nitrogen and oxygen atoms in total. The number of ether oxygens (including phenoxy) is 1. The first kappa shape index (κ1) is 11.4. The second kappa shape index (κ2) is 4.91. The lowest BCUT2D eigenvalue weighted by atomic mass is 10.1. The quantitative estimate of drug-likeness (QED) is 0.880. The van der Waals surface area contributed by atoms with Crippen LogP contribution in [0.4, 0.5) is 0 Å². The van der Waals surface area contributed by atoms with Crippen molar-refractivity contribution in [2.24, 2.45) is 11.7 Å². The number of hydrogen-bond donors (Lipinski definition) is 1. The van der Waals surface area contributed by atoms with E-state index in [1.807, 2.05) is 6.07 Å². The fraction of sp³-hybridized carbons (Fsp3) is 0.500. The summed E-state index contributed by atoms with van der Waals surface area (Å²) in [6.07, 6.45) is 1.84. The Balaban J connectivity index is 1.72. The molecule has 18 heavy (non-hydrogen) atoms. The SMILES string of the molecule is NCc1ccc(-c2nc(CC3CCOC3)no2)o1. The molecular weight excluding hydrogens is 234 g/mol. The Morgan fingerprint density at radius 1 is 1.39 bits per heavy atom. The van der Waals surface area contributed by atoms with Crippen molar-refractivity contribution >= 4 is 0 Å². The summed E-state index contributed by atoms with van der Waals surface area (Å²) in [5.74, 6) is 2.87. The molecule has 1 saturated heterocycles. The first-order valence-electron chi connectivity index (χ1n) is 6.04. The maximum absolute atomic E-state index is 5.48. The second-order valence-electron chi connectivity index (χ2n) is 4.42. The predicted molar refractivity (Wildman–Crippen MR) is 62.5 cm³/mol. The first-order chi connectivity index (χ1) is 8.85. The minimum Gasteiger partial charge on any atom is -0.455 e. The van der Waals surface area contributed by atoms with Crippen molar-refractivity contribution in [1.29, 1.82) is 0 Å². The van der Waals surface area contributed by atoms with Gasteiger partial charge in [0.1, 0.15) is 5.76 Å². The summed E-state index contributed by atoms with van der Waals surface area (Å²) in [5.41, 5.74) is 5.48. The van der Waals surface area contributed by atoms with Crippen LogP contribution in [0.3, 0.4) is 0 Å². The number of rotatable bonds is 4. The van der Waals surface area contributed by atoms with E-state index in [4.69, 9.17) is 19.4 Å². The lowest BCUT2D eigenvalue weighted by Crippen LogP contribution is -2.04. The van der Waals surface area contributed by atoms with E-state index in [9.17, 15) is 0 Å². The van der Waals surface area contributed by atoms with Crippen LogP contribution in [0.1, 0.15) is 18.0 Å². The molecule has 2 aromatic rings. The molecular formula is C12H15N3O3. The number of aromatic nitrogens is 2. The Bertz CT molecular complexity index is 514. The normalized spacial score (nSPS) is 19.5. The lowest BCUT2D eigenvalue weighted by molar-refractivity contribution is 0.185. The summed E-state index contributed by atoms with van der Waals surface area (Å²) in [6, 6.07) is 3.60. The van der Waals surface area contributed by atoms with Gasteiger partial charge < -0.3 is 19.4 Å². The summed E-state index contributed by atoms with van der Waals surface area (Å²) in [6.45, 7) is 1.97. The third-order valence-electron chi connectivity index (χ3n) is 3.04. The van der Waals surface area contributed by atoms with Crippen molar-refractivity contribution in [3.05, 3.63) is 23.7 Å². The standard InChI is InChI=1S/C12H15N3O3/c13-6-9-1-2-10(17-9)12-14-11(15-18-12)5-8-3-4-16-7-8/h1-2,8H,3-7,13H2. The highest BCUT2D eigenvalue weighted by Gasteiger charge is 2.20. The van der Waals surface area contributed by atoms with Crippen LogP contribution in [0.2, 0.25) is 0 Å². The molecule has 0 aliphatic carbocycles. The summed E-state index contributed by atoms with van der Waals surface area (Å²) >= 11 is 0. The van der Waals surface area contributed by atoms with Gasteiger partial charge >= 0.3 is 0 Å². The summed E-state index contributed by atoms with van der Waals surface area (Å²) in [7, 11) is 0. The Labute approximate surface area is 104 Å². The van der Waals surface area contributed by atoms with Crippen LogP contribution >= 0.6 is 0 Å². The highest BCUT2D eigenvalue weighted by molar-refractivity contribution is 5.44. The molecule has 0 amide bonds. The zero-order chi connectivity index (χ0) is 12.4. The van der Waals surface area contributed by atoms with Crippen molar-refractivity contribution in [2.45, 2.75) is 19.4 Å². The maximum atomic E-state index is 5.48. The first-order valence-corrected chi connectivity index (χ1v) is 6.04. The summed E-state index contributed by atoms with van der Waals surface area (Å²) in [4.78, 5) is 4.32. The number of hydrogen-bond acceptors (Lipinski definition) is 6. The van der Waals surface area contributed by atoms with Crippen LogP contribution in [0, 0.1) is 5.92 Å². The molecule has 0 aromatic carbocycles. The molecule has 0 spiro atoms. The van der Waals surface area contributed by atoms with E-state index in [1.54, 1.807) is 6.07 Å². The van der Waals surface area contributed by atoms with Gasteiger partial charge in [0, 0.05) is 19.6 Å². The van der Waals surface area contributed by atoms with Gasteiger partial charge in [-0.2, -0.15) is 4.98 Å². The van der Waals surface area contributed by atoms with Crippen LogP contribution < -0.4 is 5.73 Å². The Hall–Kier alpha value is -1.66. The summed E-state index contributed by atoms with van der Waals surface area (Å²) in [5, 5.41) is 3.96. The molecule has 3 rings (SSSR count). The van der Waals surface area contributed by atoms with E-state index < -0.39 is 0 Å². The van der Waals surface area contributed by atoms with Crippen LogP contribution in [-0.4, -0.2) is 23.4 Å². The third kappa shape index (κ3) is 2.30. The van der Waals surface area contributed by atoms with Crippen molar-refractivity contribution in [3.63, 3.8) is 0 Å². The van der Waals surface area contributed by atoms with Gasteiger partial charge in [0.15, 0.2) is 11.6 Å². The summed E-state index contributed by atoms with van der Waals surface area (Å²) < 4.78 is 16.0. The number of nitrogens with zero attached hydrogens (tertiary/aromatic N) is 2. The lowest BCUT2D eigenvalue weighted by Gasteiger charge is -2.00. The van der Waals surface area contributed by atoms with Gasteiger partial charge in [-0.15, -0.1) is 0 Å². The Morgan fingerprint density at radius 3 is 3.06 bits per heavy atom. The van der Waals surface area contributed by atoms with Gasteiger partial charge in [-0.3, -0.25) is 0 Å². The Morgan fingerprint density at radius 2 is 2.33 bits per heavy atom. The molecule has 1 aliphatic heterocycles. The van der Waals surface area contributed by atoms with Crippen molar-refractivity contribution in [1.82, 2.24) is 10.1 Å². The van der Waals surface area contributed by atoms with Crippen LogP contribution in [0.25, 0.3) is 11.7 Å². The molecule has 1 atom stereocenters. The number of furan rings is 1. The van der Waals surface area contributed by atoms with E-state index in [2.05, 4.69) is 10.1 Å². The predicted octanol–water partition coefficient (Wildman–Crippen LogP) is 1.37. The van der Waals surface area contributed by atoms with Gasteiger partial charge in [-0.05, 0) is 24.5 Å². The second-order valence-corrected chi connectivity index (χ2v) is 4.42. The van der Waals surface area contributed by atoms with Gasteiger partial charge in [-0.1, -0.05) is 5.16 Å². The zero-order valence-corrected chi connectivity index (χ0v) is 9.96. The molecule has 1 fully saturated rings. The number of nitrogens with two attached hydrogens (primary N) is 1. The van der Waals surface area contributed by atoms with Gasteiger partial charge in [0.2, 0.25) is 0 Å².